The van der Waals surface area contributed by atoms with E-state index in [1.165, 1.54) is 116 Å². The first-order valence-corrected chi connectivity index (χ1v) is 20.0. The number of esters is 2. The SMILES string of the molecule is C=CCCCCCCCCCCCCCCCC(=O)OC[C@H](COP(=O)(O)O)OC(=O)CCCCCCCCCCCCCC. The summed E-state index contributed by atoms with van der Waals surface area (Å²) in [5.74, 6) is -0.880. The molecule has 0 heterocycles. The molecule has 266 valence electrons. The molecule has 0 amide bonds. The first-order chi connectivity index (χ1) is 21.8. The Morgan fingerprint density at radius 1 is 0.600 bits per heavy atom. The maximum Gasteiger partial charge on any atom is 0.469 e. The van der Waals surface area contributed by atoms with E-state index >= 15 is 0 Å². The Morgan fingerprint density at radius 2 is 0.978 bits per heavy atom. The van der Waals surface area contributed by atoms with Gasteiger partial charge in [-0.3, -0.25) is 14.1 Å². The van der Waals surface area contributed by atoms with Crippen molar-refractivity contribution in [1.82, 2.24) is 0 Å². The van der Waals surface area contributed by atoms with Crippen LogP contribution in [-0.4, -0.2) is 41.0 Å². The van der Waals surface area contributed by atoms with Crippen molar-refractivity contribution in [2.75, 3.05) is 13.2 Å². The second-order valence-electron chi connectivity index (χ2n) is 12.6. The Balaban J connectivity index is 3.92. The highest BCUT2D eigenvalue weighted by atomic mass is 31.2. The zero-order chi connectivity index (χ0) is 33.3. The molecule has 0 fully saturated rings. The van der Waals surface area contributed by atoms with Gasteiger partial charge in [0.05, 0.1) is 6.61 Å². The highest BCUT2D eigenvalue weighted by Crippen LogP contribution is 2.36. The molecule has 2 N–H and O–H groups in total. The van der Waals surface area contributed by atoms with E-state index in [0.29, 0.717) is 6.42 Å². The number of allylic oxidation sites excluding steroid dienone is 1. The Hall–Kier alpha value is -1.21. The molecule has 0 unspecified atom stereocenters. The van der Waals surface area contributed by atoms with Crippen LogP contribution in [0.1, 0.15) is 187 Å². The van der Waals surface area contributed by atoms with Crippen molar-refractivity contribution in [1.29, 1.82) is 0 Å². The van der Waals surface area contributed by atoms with Gasteiger partial charge in [0.25, 0.3) is 0 Å². The maximum atomic E-state index is 12.3. The molecule has 0 aromatic heterocycles. The molecule has 45 heavy (non-hydrogen) atoms. The van der Waals surface area contributed by atoms with E-state index in [9.17, 15) is 14.2 Å². The molecule has 0 aromatic carbocycles. The summed E-state index contributed by atoms with van der Waals surface area (Å²) in [6.45, 7) is 5.19. The zero-order valence-corrected chi connectivity index (χ0v) is 29.8. The maximum absolute atomic E-state index is 12.3. The van der Waals surface area contributed by atoms with E-state index in [2.05, 4.69) is 18.0 Å². The summed E-state index contributed by atoms with van der Waals surface area (Å²) in [5, 5.41) is 0. The van der Waals surface area contributed by atoms with Crippen molar-refractivity contribution in [2.24, 2.45) is 0 Å². The average molecular weight is 661 g/mol. The summed E-state index contributed by atoms with van der Waals surface area (Å²) in [5.41, 5.74) is 0. The second kappa shape index (κ2) is 32.7. The number of carbonyl (C=O) groups is 2. The molecule has 9 heteroatoms. The van der Waals surface area contributed by atoms with Gasteiger partial charge in [0.2, 0.25) is 0 Å². The van der Waals surface area contributed by atoms with E-state index in [-0.39, 0.29) is 19.4 Å². The van der Waals surface area contributed by atoms with Crippen LogP contribution in [0.2, 0.25) is 0 Å². The smallest absolute Gasteiger partial charge is 0.462 e. The number of phosphoric ester groups is 1. The van der Waals surface area contributed by atoms with E-state index in [0.717, 1.165) is 44.9 Å². The first kappa shape index (κ1) is 43.8. The molecule has 8 nitrogen and oxygen atoms in total. The third kappa shape index (κ3) is 35.5. The van der Waals surface area contributed by atoms with Crippen LogP contribution in [0.5, 0.6) is 0 Å². The molecule has 0 spiro atoms. The number of ether oxygens (including phenoxy) is 2. The molecule has 0 aromatic rings. The molecule has 1 atom stereocenters. The van der Waals surface area contributed by atoms with Crippen LogP contribution in [0.15, 0.2) is 12.7 Å². The Bertz CT molecular complexity index is 739. The quantitative estimate of drug-likeness (QED) is 0.0298. The fourth-order valence-electron chi connectivity index (χ4n) is 5.41. The number of phosphoric acid groups is 1. The fraction of sp³-hybridized carbons (Fsp3) is 0.889. The average Bonchev–Trinajstić information content (AvgIpc) is 3.00. The van der Waals surface area contributed by atoms with Gasteiger partial charge in [-0.2, -0.15) is 0 Å². The van der Waals surface area contributed by atoms with Gasteiger partial charge in [-0.25, -0.2) is 4.57 Å². The fourth-order valence-corrected chi connectivity index (χ4v) is 5.77. The van der Waals surface area contributed by atoms with Gasteiger partial charge < -0.3 is 19.3 Å². The van der Waals surface area contributed by atoms with E-state index < -0.39 is 32.5 Å². The van der Waals surface area contributed by atoms with Crippen molar-refractivity contribution in [3.05, 3.63) is 12.7 Å². The van der Waals surface area contributed by atoms with Crippen molar-refractivity contribution in [2.45, 2.75) is 193 Å². The predicted molar refractivity (Wildman–Crippen MR) is 184 cm³/mol. The lowest BCUT2D eigenvalue weighted by Gasteiger charge is -2.18. The summed E-state index contributed by atoms with van der Waals surface area (Å²) < 4.78 is 26.3. The van der Waals surface area contributed by atoms with Crippen LogP contribution in [0, 0.1) is 0 Å². The molecule has 0 radical (unpaired) electrons. The third-order valence-electron chi connectivity index (χ3n) is 8.18. The van der Waals surface area contributed by atoms with Gasteiger partial charge in [-0.1, -0.05) is 154 Å². The summed E-state index contributed by atoms with van der Waals surface area (Å²) >= 11 is 0. The minimum absolute atomic E-state index is 0.216. The normalized spacial score (nSPS) is 12.2. The Morgan fingerprint density at radius 3 is 1.38 bits per heavy atom. The largest absolute Gasteiger partial charge is 0.469 e. The molecule has 0 saturated carbocycles. The van der Waals surface area contributed by atoms with E-state index in [1.807, 2.05) is 6.08 Å². The molecule has 0 aliphatic rings. The Labute approximate surface area is 276 Å². The minimum atomic E-state index is -4.74. The monoisotopic (exact) mass is 660 g/mol. The molecule has 0 rings (SSSR count). The topological polar surface area (TPSA) is 119 Å². The van der Waals surface area contributed by atoms with Crippen molar-refractivity contribution in [3.8, 4) is 0 Å². The lowest BCUT2D eigenvalue weighted by Crippen LogP contribution is -2.29. The van der Waals surface area contributed by atoms with Crippen molar-refractivity contribution in [3.63, 3.8) is 0 Å². The van der Waals surface area contributed by atoms with Gasteiger partial charge in [0.15, 0.2) is 6.10 Å². The molecule has 0 bridgehead atoms. The molecular formula is C36H69O8P. The Kier molecular flexibility index (Phi) is 31.8. The van der Waals surface area contributed by atoms with Gasteiger partial charge in [0, 0.05) is 12.8 Å². The van der Waals surface area contributed by atoms with Crippen LogP contribution in [-0.2, 0) is 28.2 Å². The summed E-state index contributed by atoms with van der Waals surface area (Å²) in [6.07, 6.45) is 32.5. The first-order valence-electron chi connectivity index (χ1n) is 18.4. The van der Waals surface area contributed by atoms with Crippen molar-refractivity contribution < 1.29 is 37.9 Å². The van der Waals surface area contributed by atoms with E-state index in [1.54, 1.807) is 0 Å². The highest BCUT2D eigenvalue weighted by Gasteiger charge is 2.22. The van der Waals surface area contributed by atoms with Crippen molar-refractivity contribution >= 4 is 19.8 Å². The van der Waals surface area contributed by atoms with Crippen LogP contribution in [0.25, 0.3) is 0 Å². The standard InChI is InChI=1S/C36H69O8P/c1-3-5-7-9-11-13-15-17-18-19-21-22-24-26-28-30-35(37)42-32-34(33-43-45(39,40)41)44-36(38)31-29-27-25-23-20-16-14-12-10-8-6-4-2/h3,34H,1,4-33H2,2H3,(H2,39,40,41)/t34-/m1/s1. The molecule has 0 aliphatic heterocycles. The van der Waals surface area contributed by atoms with Gasteiger partial charge in [-0.05, 0) is 25.7 Å². The van der Waals surface area contributed by atoms with Crippen LogP contribution in [0.3, 0.4) is 0 Å². The number of rotatable bonds is 35. The molecule has 0 saturated heterocycles. The van der Waals surface area contributed by atoms with Gasteiger partial charge in [0.1, 0.15) is 6.61 Å². The lowest BCUT2D eigenvalue weighted by molar-refractivity contribution is -0.161. The molecular weight excluding hydrogens is 591 g/mol. The van der Waals surface area contributed by atoms with Gasteiger partial charge >= 0.3 is 19.8 Å². The van der Waals surface area contributed by atoms with E-state index in [4.69, 9.17) is 19.3 Å². The number of unbranched alkanes of at least 4 members (excludes halogenated alkanes) is 24. The lowest BCUT2D eigenvalue weighted by atomic mass is 10.0. The van der Waals surface area contributed by atoms with Crippen LogP contribution in [0.4, 0.5) is 0 Å². The number of hydrogen-bond acceptors (Lipinski definition) is 6. The predicted octanol–water partition coefficient (Wildman–Crippen LogP) is 10.7. The molecule has 0 aliphatic carbocycles. The third-order valence-corrected chi connectivity index (χ3v) is 8.67. The summed E-state index contributed by atoms with van der Waals surface area (Å²) in [7, 11) is -4.74. The highest BCUT2D eigenvalue weighted by molar-refractivity contribution is 7.46. The summed E-state index contributed by atoms with van der Waals surface area (Å²) in [6, 6.07) is 0. The van der Waals surface area contributed by atoms with Crippen LogP contribution < -0.4 is 0 Å². The van der Waals surface area contributed by atoms with Gasteiger partial charge in [-0.15, -0.1) is 6.58 Å². The number of hydrogen-bond donors (Lipinski definition) is 2. The second-order valence-corrected chi connectivity index (χ2v) is 13.9. The minimum Gasteiger partial charge on any atom is -0.462 e. The zero-order valence-electron chi connectivity index (χ0n) is 28.9. The van der Waals surface area contributed by atoms with Crippen LogP contribution >= 0.6 is 7.82 Å². The number of carbonyl (C=O) groups excluding carboxylic acids is 2. The summed E-state index contributed by atoms with van der Waals surface area (Å²) in [4.78, 5) is 42.6.